The standard InChI is InChI=1S/C16H25N/c1-3-9-15-11-8-12-16(14-15)10-6-4-5-7-13-17-2/h3,8,11-12,14,17H,1,4-7,9-10,13H2,2H3. The molecule has 1 N–H and O–H groups in total. The van der Waals surface area contributed by atoms with Gasteiger partial charge in [-0.3, -0.25) is 0 Å². The van der Waals surface area contributed by atoms with Crippen molar-refractivity contribution in [2.24, 2.45) is 0 Å². The molecule has 1 aromatic rings. The Balaban J connectivity index is 2.21. The quantitative estimate of drug-likeness (QED) is 0.504. The number of aryl methyl sites for hydroxylation is 1. The zero-order valence-electron chi connectivity index (χ0n) is 11.0. The van der Waals surface area contributed by atoms with E-state index < -0.39 is 0 Å². The molecule has 0 aliphatic carbocycles. The number of nitrogens with one attached hydrogen (secondary N) is 1. The molecule has 0 saturated carbocycles. The van der Waals surface area contributed by atoms with Crippen molar-refractivity contribution in [1.29, 1.82) is 0 Å². The largest absolute Gasteiger partial charge is 0.320 e. The van der Waals surface area contributed by atoms with Gasteiger partial charge in [-0.05, 0) is 50.4 Å². The van der Waals surface area contributed by atoms with Crippen molar-refractivity contribution in [3.05, 3.63) is 48.0 Å². The predicted octanol–water partition coefficient (Wildman–Crippen LogP) is 3.74. The van der Waals surface area contributed by atoms with E-state index in [0.717, 1.165) is 13.0 Å². The Morgan fingerprint density at radius 2 is 1.88 bits per heavy atom. The maximum Gasteiger partial charge on any atom is -0.00519 e. The third kappa shape index (κ3) is 6.28. The fourth-order valence-electron chi connectivity index (χ4n) is 2.06. The second-order valence-electron chi connectivity index (χ2n) is 4.58. The molecule has 0 radical (unpaired) electrons. The molecule has 1 nitrogen and oxygen atoms in total. The van der Waals surface area contributed by atoms with Gasteiger partial charge in [0.25, 0.3) is 0 Å². The average molecular weight is 231 g/mol. The van der Waals surface area contributed by atoms with Crippen molar-refractivity contribution < 1.29 is 0 Å². The van der Waals surface area contributed by atoms with Crippen LogP contribution in [0.3, 0.4) is 0 Å². The second kappa shape index (κ2) is 9.00. The molecule has 0 atom stereocenters. The summed E-state index contributed by atoms with van der Waals surface area (Å²) in [6.45, 7) is 4.93. The molecule has 1 rings (SSSR count). The summed E-state index contributed by atoms with van der Waals surface area (Å²) in [6.07, 6.45) is 9.45. The summed E-state index contributed by atoms with van der Waals surface area (Å²) in [5, 5.41) is 3.19. The van der Waals surface area contributed by atoms with Crippen LogP contribution < -0.4 is 5.32 Å². The Labute approximate surface area is 106 Å². The van der Waals surface area contributed by atoms with Crippen LogP contribution in [0.25, 0.3) is 0 Å². The van der Waals surface area contributed by atoms with Crippen LogP contribution in [0.1, 0.15) is 36.8 Å². The SMILES string of the molecule is C=CCc1cccc(CCCCCCNC)c1. The number of benzene rings is 1. The summed E-state index contributed by atoms with van der Waals surface area (Å²) >= 11 is 0. The third-order valence-electron chi connectivity index (χ3n) is 3.01. The molecule has 0 spiro atoms. The number of rotatable bonds is 9. The lowest BCUT2D eigenvalue weighted by atomic mass is 10.0. The molecule has 17 heavy (non-hydrogen) atoms. The van der Waals surface area contributed by atoms with Gasteiger partial charge in [-0.15, -0.1) is 6.58 Å². The van der Waals surface area contributed by atoms with Crippen LogP contribution >= 0.6 is 0 Å². The Morgan fingerprint density at radius 3 is 2.65 bits per heavy atom. The van der Waals surface area contributed by atoms with Crippen LogP contribution in [-0.4, -0.2) is 13.6 Å². The topological polar surface area (TPSA) is 12.0 Å². The highest BCUT2D eigenvalue weighted by Gasteiger charge is 1.96. The van der Waals surface area contributed by atoms with Crippen molar-refractivity contribution in [3.8, 4) is 0 Å². The van der Waals surface area contributed by atoms with Gasteiger partial charge in [-0.25, -0.2) is 0 Å². The Hall–Kier alpha value is -1.08. The zero-order valence-corrected chi connectivity index (χ0v) is 11.0. The first-order valence-corrected chi connectivity index (χ1v) is 6.70. The third-order valence-corrected chi connectivity index (χ3v) is 3.01. The summed E-state index contributed by atoms with van der Waals surface area (Å²) < 4.78 is 0. The van der Waals surface area contributed by atoms with Crippen LogP contribution in [0.4, 0.5) is 0 Å². The van der Waals surface area contributed by atoms with E-state index in [4.69, 9.17) is 0 Å². The van der Waals surface area contributed by atoms with Crippen molar-refractivity contribution in [3.63, 3.8) is 0 Å². The smallest absolute Gasteiger partial charge is 0.00519 e. The first-order chi connectivity index (χ1) is 8.36. The maximum absolute atomic E-state index is 3.78. The minimum Gasteiger partial charge on any atom is -0.320 e. The number of hydrogen-bond acceptors (Lipinski definition) is 1. The Kier molecular flexibility index (Phi) is 7.40. The lowest BCUT2D eigenvalue weighted by Crippen LogP contribution is -2.06. The number of unbranched alkanes of at least 4 members (excludes halogenated alkanes) is 3. The highest BCUT2D eigenvalue weighted by atomic mass is 14.8. The first-order valence-electron chi connectivity index (χ1n) is 6.70. The number of hydrogen-bond donors (Lipinski definition) is 1. The highest BCUT2D eigenvalue weighted by Crippen LogP contribution is 2.11. The van der Waals surface area contributed by atoms with E-state index >= 15 is 0 Å². The first kappa shape index (κ1) is 14.0. The molecule has 0 bridgehead atoms. The molecule has 0 unspecified atom stereocenters. The summed E-state index contributed by atoms with van der Waals surface area (Å²) in [6, 6.07) is 8.89. The molecule has 0 heterocycles. The fourth-order valence-corrected chi connectivity index (χ4v) is 2.06. The Morgan fingerprint density at radius 1 is 1.12 bits per heavy atom. The van der Waals surface area contributed by atoms with Crippen LogP contribution in [0.5, 0.6) is 0 Å². The van der Waals surface area contributed by atoms with E-state index in [-0.39, 0.29) is 0 Å². The van der Waals surface area contributed by atoms with Gasteiger partial charge in [0, 0.05) is 0 Å². The van der Waals surface area contributed by atoms with Gasteiger partial charge in [-0.2, -0.15) is 0 Å². The molecule has 1 heteroatoms. The van der Waals surface area contributed by atoms with E-state index in [9.17, 15) is 0 Å². The number of allylic oxidation sites excluding steroid dienone is 1. The highest BCUT2D eigenvalue weighted by molar-refractivity contribution is 5.24. The zero-order chi connectivity index (χ0) is 12.3. The molecule has 94 valence electrons. The van der Waals surface area contributed by atoms with Crippen molar-refractivity contribution >= 4 is 0 Å². The van der Waals surface area contributed by atoms with Gasteiger partial charge in [0.05, 0.1) is 0 Å². The molecular formula is C16H25N. The van der Waals surface area contributed by atoms with Gasteiger partial charge in [-0.1, -0.05) is 43.2 Å². The average Bonchev–Trinajstić information content (AvgIpc) is 2.35. The molecule has 0 amide bonds. The molecule has 0 saturated heterocycles. The summed E-state index contributed by atoms with van der Waals surface area (Å²) in [7, 11) is 2.02. The molecule has 1 aromatic carbocycles. The van der Waals surface area contributed by atoms with Gasteiger partial charge >= 0.3 is 0 Å². The van der Waals surface area contributed by atoms with Gasteiger partial charge in [0.2, 0.25) is 0 Å². The minimum atomic E-state index is 0.982. The summed E-state index contributed by atoms with van der Waals surface area (Å²) in [4.78, 5) is 0. The van der Waals surface area contributed by atoms with E-state index in [1.54, 1.807) is 0 Å². The predicted molar refractivity (Wildman–Crippen MR) is 76.4 cm³/mol. The van der Waals surface area contributed by atoms with E-state index in [2.05, 4.69) is 36.2 Å². The van der Waals surface area contributed by atoms with Crippen LogP contribution in [-0.2, 0) is 12.8 Å². The van der Waals surface area contributed by atoms with Gasteiger partial charge in [0.15, 0.2) is 0 Å². The lowest BCUT2D eigenvalue weighted by Gasteiger charge is -2.04. The molecule has 0 aliphatic rings. The molecule has 0 fully saturated rings. The molecule has 0 aromatic heterocycles. The van der Waals surface area contributed by atoms with Crippen LogP contribution in [0.2, 0.25) is 0 Å². The van der Waals surface area contributed by atoms with Gasteiger partial charge < -0.3 is 5.32 Å². The maximum atomic E-state index is 3.78. The fraction of sp³-hybridized carbons (Fsp3) is 0.500. The Bertz CT molecular complexity index is 317. The molecule has 0 aliphatic heterocycles. The van der Waals surface area contributed by atoms with Crippen molar-refractivity contribution in [1.82, 2.24) is 5.32 Å². The van der Waals surface area contributed by atoms with E-state index in [1.807, 2.05) is 13.1 Å². The van der Waals surface area contributed by atoms with Crippen molar-refractivity contribution in [2.45, 2.75) is 38.5 Å². The molecular weight excluding hydrogens is 206 g/mol. The van der Waals surface area contributed by atoms with E-state index in [0.29, 0.717) is 0 Å². The van der Waals surface area contributed by atoms with E-state index in [1.165, 1.54) is 43.2 Å². The lowest BCUT2D eigenvalue weighted by molar-refractivity contribution is 0.616. The minimum absolute atomic E-state index is 0.982. The van der Waals surface area contributed by atoms with Crippen LogP contribution in [0.15, 0.2) is 36.9 Å². The summed E-state index contributed by atoms with van der Waals surface area (Å²) in [5.74, 6) is 0. The summed E-state index contributed by atoms with van der Waals surface area (Å²) in [5.41, 5.74) is 2.85. The van der Waals surface area contributed by atoms with Crippen molar-refractivity contribution in [2.75, 3.05) is 13.6 Å². The second-order valence-corrected chi connectivity index (χ2v) is 4.58. The van der Waals surface area contributed by atoms with Gasteiger partial charge in [0.1, 0.15) is 0 Å². The van der Waals surface area contributed by atoms with Crippen LogP contribution in [0, 0.1) is 0 Å². The normalized spacial score (nSPS) is 10.4. The monoisotopic (exact) mass is 231 g/mol.